The van der Waals surface area contributed by atoms with Gasteiger partial charge in [-0.15, -0.1) is 11.3 Å². The monoisotopic (exact) mass is 591 g/mol. The van der Waals surface area contributed by atoms with E-state index in [1.54, 1.807) is 18.3 Å². The van der Waals surface area contributed by atoms with Gasteiger partial charge >= 0.3 is 0 Å². The molecule has 3 heterocycles. The SMILES string of the molecule is COCC(=O)N1CCN(Cc2cnc(NC(=O)/C(=N/OC3CCO3)c3ccc(S(=O)(=O)C4CC4)cc3)s2)C[C@@H]1C. The first-order chi connectivity index (χ1) is 19.2. The summed E-state index contributed by atoms with van der Waals surface area (Å²) in [6.45, 7) is 5.37. The highest BCUT2D eigenvalue weighted by Gasteiger charge is 2.37. The Labute approximate surface area is 237 Å². The Morgan fingerprint density at radius 3 is 2.58 bits per heavy atom. The molecular weight excluding hydrogens is 558 g/mol. The van der Waals surface area contributed by atoms with Gasteiger partial charge < -0.3 is 19.2 Å². The van der Waals surface area contributed by atoms with E-state index in [9.17, 15) is 18.0 Å². The number of anilines is 1. The smallest absolute Gasteiger partial charge is 0.280 e. The summed E-state index contributed by atoms with van der Waals surface area (Å²) in [4.78, 5) is 40.5. The maximum absolute atomic E-state index is 13.3. The summed E-state index contributed by atoms with van der Waals surface area (Å²) < 4.78 is 35.4. The molecule has 0 spiro atoms. The maximum Gasteiger partial charge on any atom is 0.280 e. The number of amides is 2. The van der Waals surface area contributed by atoms with Crippen molar-refractivity contribution in [2.75, 3.05) is 45.3 Å². The highest BCUT2D eigenvalue weighted by Crippen LogP contribution is 2.33. The molecule has 216 valence electrons. The fourth-order valence-electron chi connectivity index (χ4n) is 4.58. The molecule has 1 aliphatic carbocycles. The van der Waals surface area contributed by atoms with Gasteiger partial charge in [-0.2, -0.15) is 0 Å². The van der Waals surface area contributed by atoms with Gasteiger partial charge in [0.25, 0.3) is 5.91 Å². The van der Waals surface area contributed by atoms with Crippen molar-refractivity contribution >= 4 is 43.8 Å². The number of oxime groups is 1. The first-order valence-electron chi connectivity index (χ1n) is 13.2. The van der Waals surface area contributed by atoms with Gasteiger partial charge in [-0.1, -0.05) is 17.3 Å². The Morgan fingerprint density at radius 2 is 1.95 bits per heavy atom. The second-order valence-corrected chi connectivity index (χ2v) is 13.4. The third kappa shape index (κ3) is 6.69. The molecule has 1 unspecified atom stereocenters. The number of hydrogen-bond donors (Lipinski definition) is 1. The van der Waals surface area contributed by atoms with Crippen LogP contribution in [-0.4, -0.2) is 98.3 Å². The molecule has 2 aromatic rings. The summed E-state index contributed by atoms with van der Waals surface area (Å²) in [6.07, 6.45) is 3.22. The van der Waals surface area contributed by atoms with E-state index in [0.717, 1.165) is 18.0 Å². The molecule has 1 saturated carbocycles. The third-order valence-electron chi connectivity index (χ3n) is 7.01. The quantitative estimate of drug-likeness (QED) is 0.306. The van der Waals surface area contributed by atoms with Crippen molar-refractivity contribution in [2.24, 2.45) is 5.16 Å². The minimum absolute atomic E-state index is 0.00621. The highest BCUT2D eigenvalue weighted by molar-refractivity contribution is 7.92. The zero-order chi connectivity index (χ0) is 28.3. The molecule has 40 heavy (non-hydrogen) atoms. The molecule has 2 saturated heterocycles. The number of carbonyl (C=O) groups is 2. The van der Waals surface area contributed by atoms with Gasteiger partial charge in [0.2, 0.25) is 12.2 Å². The minimum atomic E-state index is -3.35. The highest BCUT2D eigenvalue weighted by atomic mass is 32.2. The number of thiazole rings is 1. The van der Waals surface area contributed by atoms with E-state index < -0.39 is 22.0 Å². The molecule has 3 fully saturated rings. The van der Waals surface area contributed by atoms with E-state index >= 15 is 0 Å². The summed E-state index contributed by atoms with van der Waals surface area (Å²) >= 11 is 1.35. The van der Waals surface area contributed by atoms with Gasteiger partial charge in [-0.05, 0) is 31.9 Å². The van der Waals surface area contributed by atoms with Gasteiger partial charge in [0.15, 0.2) is 20.7 Å². The Hall–Kier alpha value is -2.91. The maximum atomic E-state index is 13.3. The molecule has 1 N–H and O–H groups in total. The van der Waals surface area contributed by atoms with Crippen LogP contribution in [-0.2, 0) is 40.3 Å². The second kappa shape index (κ2) is 12.3. The zero-order valence-electron chi connectivity index (χ0n) is 22.4. The number of aromatic nitrogens is 1. The Kier molecular flexibility index (Phi) is 8.80. The van der Waals surface area contributed by atoms with Crippen LogP contribution in [0.4, 0.5) is 5.13 Å². The first-order valence-corrected chi connectivity index (χ1v) is 15.6. The summed E-state index contributed by atoms with van der Waals surface area (Å²) in [6, 6.07) is 6.18. The lowest BCUT2D eigenvalue weighted by molar-refractivity contribution is -0.214. The van der Waals surface area contributed by atoms with Gasteiger partial charge in [0, 0.05) is 62.4 Å². The number of carbonyl (C=O) groups excluding carboxylic acids is 2. The lowest BCUT2D eigenvalue weighted by Crippen LogP contribution is -2.54. The number of hydrogen-bond acceptors (Lipinski definition) is 11. The largest absolute Gasteiger partial charge is 0.375 e. The van der Waals surface area contributed by atoms with Gasteiger partial charge in [-0.25, -0.2) is 13.4 Å². The van der Waals surface area contributed by atoms with Crippen molar-refractivity contribution in [3.8, 4) is 0 Å². The van der Waals surface area contributed by atoms with Gasteiger partial charge in [0.05, 0.1) is 16.8 Å². The summed E-state index contributed by atoms with van der Waals surface area (Å²) in [5.41, 5.74) is 0.409. The lowest BCUT2D eigenvalue weighted by atomic mass is 10.1. The minimum Gasteiger partial charge on any atom is -0.375 e. The van der Waals surface area contributed by atoms with Gasteiger partial charge in [-0.3, -0.25) is 19.8 Å². The Balaban J connectivity index is 1.23. The van der Waals surface area contributed by atoms with E-state index in [-0.39, 0.29) is 34.4 Å². The van der Waals surface area contributed by atoms with Crippen LogP contribution >= 0.6 is 11.3 Å². The van der Waals surface area contributed by atoms with Crippen molar-refractivity contribution in [2.45, 2.75) is 55.2 Å². The number of piperazine rings is 1. The Morgan fingerprint density at radius 1 is 1.20 bits per heavy atom. The predicted molar refractivity (Wildman–Crippen MR) is 148 cm³/mol. The van der Waals surface area contributed by atoms with Crippen molar-refractivity contribution < 1.29 is 32.3 Å². The van der Waals surface area contributed by atoms with Crippen molar-refractivity contribution in [3.63, 3.8) is 0 Å². The standard InChI is InChI=1S/C26H33N5O7S2/c1-17-14-30(10-11-31(17)22(32)16-36-2)15-19-13-27-26(39-19)28-25(33)24(29-38-23-9-12-37-23)18-3-5-20(6-4-18)40(34,35)21-7-8-21/h3-6,13,17,21,23H,7-12,14-16H2,1-2H3,(H,27,28,33)/b29-24+/t17-,23?/m0/s1. The molecule has 2 atom stereocenters. The summed E-state index contributed by atoms with van der Waals surface area (Å²) in [7, 11) is -1.83. The van der Waals surface area contributed by atoms with Crippen molar-refractivity contribution in [1.29, 1.82) is 0 Å². The molecule has 14 heteroatoms. The topological polar surface area (TPSA) is 140 Å². The fourth-order valence-corrected chi connectivity index (χ4v) is 7.08. The van der Waals surface area contributed by atoms with Crippen LogP contribution in [0, 0.1) is 0 Å². The van der Waals surface area contributed by atoms with E-state index in [4.69, 9.17) is 14.3 Å². The average Bonchev–Trinajstić information content (AvgIpc) is 3.68. The van der Waals surface area contributed by atoms with Crippen LogP contribution in [0.25, 0.3) is 0 Å². The predicted octanol–water partition coefficient (Wildman–Crippen LogP) is 1.86. The fraction of sp³-hybridized carbons (Fsp3) is 0.538. The van der Waals surface area contributed by atoms with Crippen molar-refractivity contribution in [3.05, 3.63) is 40.9 Å². The number of ether oxygens (including phenoxy) is 2. The molecular formula is C26H33N5O7S2. The van der Waals surface area contributed by atoms with E-state index in [0.29, 0.717) is 49.7 Å². The van der Waals surface area contributed by atoms with Gasteiger partial charge in [0.1, 0.15) is 6.61 Å². The van der Waals surface area contributed by atoms with Crippen LogP contribution in [0.1, 0.15) is 36.6 Å². The molecule has 1 aromatic heterocycles. The number of benzene rings is 1. The summed E-state index contributed by atoms with van der Waals surface area (Å²) in [5.74, 6) is -0.543. The van der Waals surface area contributed by atoms with Crippen LogP contribution < -0.4 is 5.32 Å². The van der Waals surface area contributed by atoms with E-state index in [1.165, 1.54) is 30.6 Å². The Bertz CT molecular complexity index is 1350. The van der Waals surface area contributed by atoms with Crippen LogP contribution in [0.15, 0.2) is 40.5 Å². The number of nitrogens with zero attached hydrogens (tertiary/aromatic N) is 4. The first kappa shape index (κ1) is 28.6. The number of rotatable bonds is 11. The summed E-state index contributed by atoms with van der Waals surface area (Å²) in [5, 5.41) is 6.93. The van der Waals surface area contributed by atoms with Crippen LogP contribution in [0.2, 0.25) is 0 Å². The molecule has 0 bridgehead atoms. The number of nitrogens with one attached hydrogen (secondary N) is 1. The third-order valence-corrected chi connectivity index (χ3v) is 10.2. The van der Waals surface area contributed by atoms with E-state index in [2.05, 4.69) is 20.4 Å². The van der Waals surface area contributed by atoms with Crippen LogP contribution in [0.5, 0.6) is 0 Å². The molecule has 2 aliphatic heterocycles. The molecule has 3 aliphatic rings. The second-order valence-electron chi connectivity index (χ2n) is 10.1. The molecule has 12 nitrogen and oxygen atoms in total. The molecule has 1 aromatic carbocycles. The number of sulfone groups is 1. The average molecular weight is 592 g/mol. The molecule has 2 amide bonds. The zero-order valence-corrected chi connectivity index (χ0v) is 24.1. The van der Waals surface area contributed by atoms with Crippen molar-refractivity contribution in [1.82, 2.24) is 14.8 Å². The van der Waals surface area contributed by atoms with E-state index in [1.807, 2.05) is 11.8 Å². The molecule has 0 radical (unpaired) electrons. The normalized spacial score (nSPS) is 22.1. The van der Waals surface area contributed by atoms with Crippen LogP contribution in [0.3, 0.4) is 0 Å². The lowest BCUT2D eigenvalue weighted by Gasteiger charge is -2.39. The number of methoxy groups -OCH3 is 1. The molecule has 5 rings (SSSR count).